The Bertz CT molecular complexity index is 1510. The molecule has 0 fully saturated rings. The highest BCUT2D eigenvalue weighted by Gasteiger charge is 2.25. The first-order valence-electron chi connectivity index (χ1n) is 11.1. The van der Waals surface area contributed by atoms with E-state index in [0.29, 0.717) is 18.0 Å². The predicted octanol–water partition coefficient (Wildman–Crippen LogP) is 3.22. The molecular formula is C26H23N7O2. The number of hydrogen-bond acceptors (Lipinski definition) is 6. The van der Waals surface area contributed by atoms with Crippen molar-refractivity contribution in [1.29, 1.82) is 0 Å². The van der Waals surface area contributed by atoms with Gasteiger partial charge in [0.25, 0.3) is 5.91 Å². The summed E-state index contributed by atoms with van der Waals surface area (Å²) in [6, 6.07) is 17.2. The van der Waals surface area contributed by atoms with Gasteiger partial charge in [-0.1, -0.05) is 36.4 Å². The average molecular weight is 466 g/mol. The van der Waals surface area contributed by atoms with Crippen LogP contribution >= 0.6 is 0 Å². The third-order valence-electron chi connectivity index (χ3n) is 5.70. The zero-order chi connectivity index (χ0) is 24.4. The Hall–Kier alpha value is -4.66. The standard InChI is InChI=1S/C26H23N7O2/c1-31(16-20-10-6-7-12-27-20)25(35)21-15-28-32(2)24(21)23(34)14-19-11-13-33-17-22(30-26(33)29-19)18-8-4-3-5-9-18/h3-13,15,17H,14,16H2,1-2H3. The Morgan fingerprint density at radius 2 is 1.77 bits per heavy atom. The number of pyridine rings is 1. The van der Waals surface area contributed by atoms with Crippen LogP contribution in [0.25, 0.3) is 17.0 Å². The molecule has 0 aliphatic carbocycles. The van der Waals surface area contributed by atoms with Crippen molar-refractivity contribution in [2.75, 3.05) is 7.05 Å². The first kappa shape index (κ1) is 22.1. The van der Waals surface area contributed by atoms with E-state index in [1.165, 1.54) is 15.8 Å². The number of imidazole rings is 1. The van der Waals surface area contributed by atoms with Crippen molar-refractivity contribution < 1.29 is 9.59 Å². The smallest absolute Gasteiger partial charge is 0.257 e. The lowest BCUT2D eigenvalue weighted by Gasteiger charge is -2.16. The zero-order valence-electron chi connectivity index (χ0n) is 19.4. The fraction of sp³-hybridized carbons (Fsp3) is 0.154. The van der Waals surface area contributed by atoms with E-state index in [9.17, 15) is 9.59 Å². The van der Waals surface area contributed by atoms with Crippen molar-refractivity contribution >= 4 is 17.5 Å². The Morgan fingerprint density at radius 1 is 0.971 bits per heavy atom. The number of benzene rings is 1. The number of ketones is 1. The fourth-order valence-electron chi connectivity index (χ4n) is 3.94. The first-order chi connectivity index (χ1) is 17.0. The summed E-state index contributed by atoms with van der Waals surface area (Å²) in [5.41, 5.74) is 3.61. The topological polar surface area (TPSA) is 98.3 Å². The molecule has 0 N–H and O–H groups in total. The number of aromatic nitrogens is 6. The third kappa shape index (κ3) is 4.56. The minimum atomic E-state index is -0.295. The van der Waals surface area contributed by atoms with Gasteiger partial charge in [0.2, 0.25) is 5.78 Å². The molecule has 174 valence electrons. The summed E-state index contributed by atoms with van der Waals surface area (Å²) in [4.78, 5) is 41.3. The summed E-state index contributed by atoms with van der Waals surface area (Å²) < 4.78 is 3.26. The molecule has 5 rings (SSSR count). The van der Waals surface area contributed by atoms with E-state index in [-0.39, 0.29) is 29.4 Å². The maximum absolute atomic E-state index is 13.3. The van der Waals surface area contributed by atoms with Crippen LogP contribution in [0.3, 0.4) is 0 Å². The summed E-state index contributed by atoms with van der Waals surface area (Å²) in [6.07, 6.45) is 6.87. The largest absolute Gasteiger partial charge is 0.336 e. The van der Waals surface area contributed by atoms with Gasteiger partial charge >= 0.3 is 0 Å². The number of hydrogen-bond donors (Lipinski definition) is 0. The molecule has 0 bridgehead atoms. The monoisotopic (exact) mass is 465 g/mol. The number of fused-ring (bicyclic) bond motifs is 1. The van der Waals surface area contributed by atoms with Crippen LogP contribution in [0.4, 0.5) is 0 Å². The average Bonchev–Trinajstić information content (AvgIpc) is 3.48. The van der Waals surface area contributed by atoms with Crippen LogP contribution in [-0.2, 0) is 20.0 Å². The Kier molecular flexibility index (Phi) is 5.88. The van der Waals surface area contributed by atoms with Gasteiger partial charge in [0.05, 0.1) is 41.8 Å². The molecule has 1 aromatic carbocycles. The normalized spacial score (nSPS) is 11.0. The SMILES string of the molecule is CN(Cc1ccccn1)C(=O)c1cnn(C)c1C(=O)Cc1ccn2cc(-c3ccccc3)nc2n1. The lowest BCUT2D eigenvalue weighted by molar-refractivity contribution is 0.0777. The highest BCUT2D eigenvalue weighted by molar-refractivity contribution is 6.07. The Labute approximate surface area is 201 Å². The number of aryl methyl sites for hydroxylation is 1. The molecule has 35 heavy (non-hydrogen) atoms. The van der Waals surface area contributed by atoms with Crippen LogP contribution < -0.4 is 0 Å². The van der Waals surface area contributed by atoms with E-state index < -0.39 is 0 Å². The Balaban J connectivity index is 1.36. The van der Waals surface area contributed by atoms with Crippen molar-refractivity contribution in [2.45, 2.75) is 13.0 Å². The summed E-state index contributed by atoms with van der Waals surface area (Å²) in [5.74, 6) is -0.0342. The van der Waals surface area contributed by atoms with E-state index in [1.54, 1.807) is 26.4 Å². The molecule has 4 aromatic heterocycles. The molecule has 0 radical (unpaired) electrons. The van der Waals surface area contributed by atoms with Crippen molar-refractivity contribution in [2.24, 2.45) is 7.05 Å². The molecule has 0 aliphatic rings. The number of Topliss-reactive ketones (excluding diaryl/α,β-unsaturated/α-hetero) is 1. The number of carbonyl (C=O) groups is 2. The molecule has 0 saturated carbocycles. The van der Waals surface area contributed by atoms with Gasteiger partial charge in [-0.05, 0) is 18.2 Å². The highest BCUT2D eigenvalue weighted by atomic mass is 16.2. The van der Waals surface area contributed by atoms with Crippen LogP contribution in [0.15, 0.2) is 79.4 Å². The molecule has 0 aliphatic heterocycles. The molecule has 4 heterocycles. The van der Waals surface area contributed by atoms with Crippen LogP contribution in [0, 0.1) is 0 Å². The molecule has 0 saturated heterocycles. The van der Waals surface area contributed by atoms with Crippen LogP contribution in [0.5, 0.6) is 0 Å². The van der Waals surface area contributed by atoms with Crippen LogP contribution in [-0.4, -0.2) is 52.8 Å². The van der Waals surface area contributed by atoms with Gasteiger partial charge in [-0.15, -0.1) is 0 Å². The van der Waals surface area contributed by atoms with Crippen LogP contribution in [0.2, 0.25) is 0 Å². The molecule has 9 heteroatoms. The molecule has 0 atom stereocenters. The lowest BCUT2D eigenvalue weighted by Crippen LogP contribution is -2.28. The maximum Gasteiger partial charge on any atom is 0.257 e. The molecular weight excluding hydrogens is 442 g/mol. The summed E-state index contributed by atoms with van der Waals surface area (Å²) in [5, 5.41) is 4.17. The van der Waals surface area contributed by atoms with E-state index >= 15 is 0 Å². The summed E-state index contributed by atoms with van der Waals surface area (Å²) in [7, 11) is 3.33. The van der Waals surface area contributed by atoms with Gasteiger partial charge in [0, 0.05) is 38.2 Å². The molecule has 0 unspecified atom stereocenters. The molecule has 1 amide bonds. The zero-order valence-corrected chi connectivity index (χ0v) is 19.4. The molecule has 9 nitrogen and oxygen atoms in total. The highest BCUT2D eigenvalue weighted by Crippen LogP contribution is 2.19. The minimum absolute atomic E-state index is 0.0216. The van der Waals surface area contributed by atoms with E-state index in [2.05, 4.69) is 20.1 Å². The maximum atomic E-state index is 13.3. The van der Waals surface area contributed by atoms with Crippen molar-refractivity contribution in [1.82, 2.24) is 34.0 Å². The van der Waals surface area contributed by atoms with Gasteiger partial charge in [0.1, 0.15) is 5.69 Å². The number of nitrogens with zero attached hydrogens (tertiary/aromatic N) is 7. The van der Waals surface area contributed by atoms with Gasteiger partial charge in [0.15, 0.2) is 5.78 Å². The van der Waals surface area contributed by atoms with Crippen molar-refractivity contribution in [3.05, 3.63) is 102 Å². The number of carbonyl (C=O) groups excluding carboxylic acids is 2. The second-order valence-electron chi connectivity index (χ2n) is 8.23. The van der Waals surface area contributed by atoms with E-state index in [4.69, 9.17) is 0 Å². The number of amides is 1. The van der Waals surface area contributed by atoms with E-state index in [1.807, 2.05) is 65.3 Å². The lowest BCUT2D eigenvalue weighted by atomic mass is 10.1. The molecule has 0 spiro atoms. The quantitative estimate of drug-likeness (QED) is 0.342. The van der Waals surface area contributed by atoms with Crippen LogP contribution in [0.1, 0.15) is 32.2 Å². The van der Waals surface area contributed by atoms with Gasteiger partial charge in [-0.3, -0.25) is 23.7 Å². The van der Waals surface area contributed by atoms with Gasteiger partial charge < -0.3 is 4.90 Å². The second kappa shape index (κ2) is 9.30. The van der Waals surface area contributed by atoms with Crippen molar-refractivity contribution in [3.8, 4) is 11.3 Å². The van der Waals surface area contributed by atoms with E-state index in [0.717, 1.165) is 17.0 Å². The Morgan fingerprint density at radius 3 is 2.54 bits per heavy atom. The minimum Gasteiger partial charge on any atom is -0.336 e. The second-order valence-corrected chi connectivity index (χ2v) is 8.23. The fourth-order valence-corrected chi connectivity index (χ4v) is 3.94. The third-order valence-corrected chi connectivity index (χ3v) is 5.70. The number of rotatable bonds is 7. The van der Waals surface area contributed by atoms with Gasteiger partial charge in [-0.25, -0.2) is 9.97 Å². The predicted molar refractivity (Wildman–Crippen MR) is 130 cm³/mol. The van der Waals surface area contributed by atoms with Crippen molar-refractivity contribution in [3.63, 3.8) is 0 Å². The summed E-state index contributed by atoms with van der Waals surface area (Å²) in [6.45, 7) is 0.323. The first-order valence-corrected chi connectivity index (χ1v) is 11.1. The summed E-state index contributed by atoms with van der Waals surface area (Å²) >= 11 is 0. The van der Waals surface area contributed by atoms with Gasteiger partial charge in [-0.2, -0.15) is 5.10 Å². The molecule has 5 aromatic rings.